The first-order chi connectivity index (χ1) is 8.81. The minimum absolute atomic E-state index is 0.0742. The summed E-state index contributed by atoms with van der Waals surface area (Å²) in [6, 6.07) is 8.69. The molecule has 1 amide bonds. The van der Waals surface area contributed by atoms with Crippen molar-refractivity contribution >= 4 is 17.7 Å². The minimum Gasteiger partial charge on any atom is -0.351 e. The van der Waals surface area contributed by atoms with Crippen LogP contribution >= 0.6 is 11.8 Å². The third-order valence-electron chi connectivity index (χ3n) is 2.70. The second kappa shape index (κ2) is 6.96. The summed E-state index contributed by atoms with van der Waals surface area (Å²) in [7, 11) is 1.95. The molecule has 0 radical (unpaired) electrons. The van der Waals surface area contributed by atoms with Crippen molar-refractivity contribution in [3.8, 4) is 0 Å². The zero-order chi connectivity index (χ0) is 14.5. The van der Waals surface area contributed by atoms with Crippen LogP contribution < -0.4 is 10.6 Å². The molecule has 0 saturated carbocycles. The molecule has 0 aliphatic heterocycles. The van der Waals surface area contributed by atoms with Crippen molar-refractivity contribution in [2.75, 3.05) is 12.8 Å². The van der Waals surface area contributed by atoms with Crippen molar-refractivity contribution in [2.45, 2.75) is 44.2 Å². The minimum atomic E-state index is -0.163. The lowest BCUT2D eigenvalue weighted by Crippen LogP contribution is -2.41. The Morgan fingerprint density at radius 1 is 1.26 bits per heavy atom. The van der Waals surface area contributed by atoms with Gasteiger partial charge in [0.1, 0.15) is 0 Å². The second-order valence-electron chi connectivity index (χ2n) is 5.67. The highest BCUT2D eigenvalue weighted by atomic mass is 32.2. The summed E-state index contributed by atoms with van der Waals surface area (Å²) < 4.78 is 0. The molecule has 1 unspecified atom stereocenters. The van der Waals surface area contributed by atoms with Crippen molar-refractivity contribution in [3.63, 3.8) is 0 Å². The lowest BCUT2D eigenvalue weighted by atomic mass is 10.1. The van der Waals surface area contributed by atoms with Crippen LogP contribution in [0.25, 0.3) is 0 Å². The Bertz CT molecular complexity index is 409. The lowest BCUT2D eigenvalue weighted by Gasteiger charge is -2.20. The topological polar surface area (TPSA) is 41.1 Å². The Hall–Kier alpha value is -1.00. The van der Waals surface area contributed by atoms with Gasteiger partial charge in [-0.1, -0.05) is 12.1 Å². The van der Waals surface area contributed by atoms with Gasteiger partial charge < -0.3 is 10.6 Å². The van der Waals surface area contributed by atoms with Gasteiger partial charge in [0.25, 0.3) is 0 Å². The van der Waals surface area contributed by atoms with Crippen molar-refractivity contribution in [3.05, 3.63) is 29.8 Å². The van der Waals surface area contributed by atoms with E-state index >= 15 is 0 Å². The van der Waals surface area contributed by atoms with Gasteiger partial charge in [-0.25, -0.2) is 0 Å². The third-order valence-corrected chi connectivity index (χ3v) is 3.71. The van der Waals surface area contributed by atoms with Crippen LogP contribution in [0.15, 0.2) is 29.2 Å². The molecule has 19 heavy (non-hydrogen) atoms. The first kappa shape index (κ1) is 16.1. The maximum Gasteiger partial charge on any atom is 0.230 e. The Morgan fingerprint density at radius 3 is 2.32 bits per heavy atom. The highest BCUT2D eigenvalue weighted by Gasteiger charge is 2.13. The molecule has 1 aromatic carbocycles. The smallest absolute Gasteiger partial charge is 0.230 e. The number of thioether (sulfide) groups is 1. The van der Waals surface area contributed by atoms with Crippen LogP contribution in [0.4, 0.5) is 0 Å². The first-order valence-electron chi connectivity index (χ1n) is 6.53. The molecule has 4 heteroatoms. The molecular formula is C15H24N2OS. The average molecular weight is 280 g/mol. The van der Waals surface area contributed by atoms with Gasteiger partial charge in [0.15, 0.2) is 0 Å². The molecule has 0 aliphatic rings. The van der Waals surface area contributed by atoms with Gasteiger partial charge in [-0.2, -0.15) is 0 Å². The predicted octanol–water partition coefficient (Wildman–Crippen LogP) is 2.97. The molecule has 106 valence electrons. The van der Waals surface area contributed by atoms with E-state index in [0.29, 0.717) is 11.8 Å². The maximum atomic E-state index is 11.7. The van der Waals surface area contributed by atoms with Crippen molar-refractivity contribution in [1.29, 1.82) is 0 Å². The monoisotopic (exact) mass is 280 g/mol. The number of carbonyl (C=O) groups excluding carboxylic acids is 1. The van der Waals surface area contributed by atoms with E-state index in [1.165, 1.54) is 5.56 Å². The quantitative estimate of drug-likeness (QED) is 0.815. The summed E-state index contributed by atoms with van der Waals surface area (Å²) in [6.07, 6.45) is 0. The number of carbonyl (C=O) groups is 1. The summed E-state index contributed by atoms with van der Waals surface area (Å²) in [5.74, 6) is 0.531. The molecule has 1 aromatic rings. The van der Waals surface area contributed by atoms with Gasteiger partial charge in [0, 0.05) is 16.5 Å². The van der Waals surface area contributed by atoms with Crippen LogP contribution in [0.5, 0.6) is 0 Å². The molecule has 0 bridgehead atoms. The van der Waals surface area contributed by atoms with Gasteiger partial charge in [0.2, 0.25) is 5.91 Å². The van der Waals surface area contributed by atoms with Gasteiger partial charge in [-0.15, -0.1) is 11.8 Å². The largest absolute Gasteiger partial charge is 0.351 e. The van der Waals surface area contributed by atoms with Crippen molar-refractivity contribution in [1.82, 2.24) is 10.6 Å². The van der Waals surface area contributed by atoms with Crippen molar-refractivity contribution in [2.24, 2.45) is 0 Å². The van der Waals surface area contributed by atoms with E-state index in [2.05, 4.69) is 41.8 Å². The van der Waals surface area contributed by atoms with E-state index in [0.717, 1.165) is 4.90 Å². The molecule has 0 saturated heterocycles. The average Bonchev–Trinajstić information content (AvgIpc) is 2.34. The van der Waals surface area contributed by atoms with Crippen molar-refractivity contribution < 1.29 is 4.79 Å². The fraction of sp³-hybridized carbons (Fsp3) is 0.533. The molecule has 0 spiro atoms. The van der Waals surface area contributed by atoms with Crippen LogP contribution in [0.3, 0.4) is 0 Å². The lowest BCUT2D eigenvalue weighted by molar-refractivity contribution is -0.119. The SMILES string of the molecule is CNC(C)c1ccc(SCC(=O)NC(C)(C)C)cc1. The molecular weight excluding hydrogens is 256 g/mol. The van der Waals surface area contributed by atoms with Gasteiger partial charge >= 0.3 is 0 Å². The molecule has 0 fully saturated rings. The number of benzene rings is 1. The molecule has 0 aromatic heterocycles. The van der Waals surface area contributed by atoms with Crippen LogP contribution in [0.1, 0.15) is 39.3 Å². The Kier molecular flexibility index (Phi) is 5.88. The zero-order valence-corrected chi connectivity index (χ0v) is 13.2. The van der Waals surface area contributed by atoms with Crippen LogP contribution in [-0.2, 0) is 4.79 Å². The van der Waals surface area contributed by atoms with Crippen LogP contribution in [0, 0.1) is 0 Å². The molecule has 1 atom stereocenters. The Morgan fingerprint density at radius 2 is 1.84 bits per heavy atom. The molecule has 1 rings (SSSR count). The maximum absolute atomic E-state index is 11.7. The normalized spacial score (nSPS) is 13.1. The van der Waals surface area contributed by atoms with Crippen LogP contribution in [0.2, 0.25) is 0 Å². The summed E-state index contributed by atoms with van der Waals surface area (Å²) in [5, 5.41) is 6.16. The number of nitrogens with one attached hydrogen (secondary N) is 2. The fourth-order valence-electron chi connectivity index (χ4n) is 1.62. The summed E-state index contributed by atoms with van der Waals surface area (Å²) in [5.41, 5.74) is 1.09. The molecule has 3 nitrogen and oxygen atoms in total. The summed E-state index contributed by atoms with van der Waals surface area (Å²) in [6.45, 7) is 8.09. The Labute approximate surface area is 120 Å². The molecule has 0 heterocycles. The van der Waals surface area contributed by atoms with E-state index < -0.39 is 0 Å². The number of hydrogen-bond donors (Lipinski definition) is 2. The number of hydrogen-bond acceptors (Lipinski definition) is 3. The molecule has 2 N–H and O–H groups in total. The van der Waals surface area contributed by atoms with E-state index in [1.807, 2.05) is 27.8 Å². The van der Waals surface area contributed by atoms with E-state index in [-0.39, 0.29) is 11.4 Å². The fourth-order valence-corrected chi connectivity index (χ4v) is 2.32. The van der Waals surface area contributed by atoms with E-state index in [1.54, 1.807) is 11.8 Å². The second-order valence-corrected chi connectivity index (χ2v) is 6.72. The number of rotatable bonds is 5. The van der Waals surface area contributed by atoms with Gasteiger partial charge in [-0.05, 0) is 52.4 Å². The van der Waals surface area contributed by atoms with Crippen LogP contribution in [-0.4, -0.2) is 24.2 Å². The number of amides is 1. The highest BCUT2D eigenvalue weighted by molar-refractivity contribution is 8.00. The van der Waals surface area contributed by atoms with E-state index in [9.17, 15) is 4.79 Å². The summed E-state index contributed by atoms with van der Waals surface area (Å²) >= 11 is 1.56. The zero-order valence-electron chi connectivity index (χ0n) is 12.4. The standard InChI is InChI=1S/C15H24N2OS/c1-11(16-5)12-6-8-13(9-7-12)19-10-14(18)17-15(2,3)4/h6-9,11,16H,10H2,1-5H3,(H,17,18). The molecule has 0 aliphatic carbocycles. The highest BCUT2D eigenvalue weighted by Crippen LogP contribution is 2.21. The predicted molar refractivity (Wildman–Crippen MR) is 82.5 cm³/mol. The Balaban J connectivity index is 2.48. The van der Waals surface area contributed by atoms with Gasteiger partial charge in [-0.3, -0.25) is 4.79 Å². The van der Waals surface area contributed by atoms with Gasteiger partial charge in [0.05, 0.1) is 5.75 Å². The summed E-state index contributed by atoms with van der Waals surface area (Å²) in [4.78, 5) is 12.8. The first-order valence-corrected chi connectivity index (χ1v) is 7.51. The van der Waals surface area contributed by atoms with E-state index in [4.69, 9.17) is 0 Å². The third kappa shape index (κ3) is 6.12.